The van der Waals surface area contributed by atoms with Crippen LogP contribution in [0, 0.1) is 0 Å². The number of nitrogens with zero attached hydrogens (tertiary/aromatic N) is 4. The number of hydrogen-bond donors (Lipinski definition) is 0. The molecule has 5 heterocycles. The Morgan fingerprint density at radius 1 is 0.408 bits per heavy atom. The molecule has 0 saturated carbocycles. The maximum Gasteiger partial charge on any atom is 0.146 e. The van der Waals surface area contributed by atoms with Gasteiger partial charge in [0, 0.05) is 49.1 Å². The quantitative estimate of drug-likeness (QED) is 0.196. The molecule has 0 aliphatic heterocycles. The third-order valence-corrected chi connectivity index (χ3v) is 10.7. The topological polar surface area (TPSA) is 25.0 Å². The molecule has 0 amide bonds. The standard InChI is InChI=1S/C45H26N4/c1-3-14-28(15-4-1)47(29-16-5-2-6-17-29)38-24-12-22-32-31-20-11-21-33-35-26-39-41(46-45(35)49(42(31)33)43(32)38)36-25-27-13-7-8-18-30(27)40-34-19-9-10-23-37(34)48(39)44(36)40/h1-26H. The van der Waals surface area contributed by atoms with Crippen molar-refractivity contribution in [2.75, 3.05) is 4.90 Å². The van der Waals surface area contributed by atoms with Gasteiger partial charge in [0.05, 0.1) is 38.8 Å². The molecule has 0 saturated heterocycles. The Morgan fingerprint density at radius 2 is 1.02 bits per heavy atom. The van der Waals surface area contributed by atoms with Crippen molar-refractivity contribution in [2.45, 2.75) is 0 Å². The van der Waals surface area contributed by atoms with E-state index >= 15 is 0 Å². The number of hydrogen-bond acceptors (Lipinski definition) is 2. The lowest BCUT2D eigenvalue weighted by atomic mass is 10.0. The second-order valence-corrected chi connectivity index (χ2v) is 13.2. The average molecular weight is 623 g/mol. The number of anilines is 3. The van der Waals surface area contributed by atoms with E-state index in [9.17, 15) is 0 Å². The molecule has 0 unspecified atom stereocenters. The van der Waals surface area contributed by atoms with Crippen LogP contribution in [-0.2, 0) is 0 Å². The third-order valence-electron chi connectivity index (χ3n) is 10.7. The fourth-order valence-electron chi connectivity index (χ4n) is 8.79. The molecule has 5 aromatic heterocycles. The highest BCUT2D eigenvalue weighted by Crippen LogP contribution is 2.47. The first-order valence-corrected chi connectivity index (χ1v) is 16.8. The fourth-order valence-corrected chi connectivity index (χ4v) is 8.79. The Kier molecular flexibility index (Phi) is 4.69. The van der Waals surface area contributed by atoms with Gasteiger partial charge in [-0.05, 0) is 59.3 Å². The van der Waals surface area contributed by atoms with Gasteiger partial charge < -0.3 is 9.30 Å². The van der Waals surface area contributed by atoms with Crippen LogP contribution >= 0.6 is 0 Å². The predicted molar refractivity (Wildman–Crippen MR) is 206 cm³/mol. The van der Waals surface area contributed by atoms with Crippen LogP contribution in [0.3, 0.4) is 0 Å². The third kappa shape index (κ3) is 3.12. The molecule has 0 radical (unpaired) electrons. The molecule has 0 aliphatic rings. The fraction of sp³-hybridized carbons (Fsp3) is 0. The summed E-state index contributed by atoms with van der Waals surface area (Å²) in [6.07, 6.45) is 0. The van der Waals surface area contributed by atoms with E-state index in [1.807, 2.05) is 0 Å². The van der Waals surface area contributed by atoms with Crippen molar-refractivity contribution >= 4 is 104 Å². The largest absolute Gasteiger partial charge is 0.308 e. The minimum atomic E-state index is 0.991. The van der Waals surface area contributed by atoms with Gasteiger partial charge in [-0.1, -0.05) is 109 Å². The Labute approximate surface area is 279 Å². The molecule has 4 heteroatoms. The molecule has 0 N–H and O–H groups in total. The highest BCUT2D eigenvalue weighted by Gasteiger charge is 2.26. The van der Waals surface area contributed by atoms with Crippen LogP contribution in [0.5, 0.6) is 0 Å². The van der Waals surface area contributed by atoms with Crippen LogP contribution in [0.4, 0.5) is 17.1 Å². The van der Waals surface area contributed by atoms with Crippen molar-refractivity contribution in [1.29, 1.82) is 0 Å². The van der Waals surface area contributed by atoms with E-state index < -0.39 is 0 Å². The van der Waals surface area contributed by atoms with Crippen LogP contribution in [0.25, 0.3) is 87.2 Å². The van der Waals surface area contributed by atoms with Crippen LogP contribution < -0.4 is 4.90 Å². The second kappa shape index (κ2) is 9.03. The minimum Gasteiger partial charge on any atom is -0.308 e. The van der Waals surface area contributed by atoms with Crippen LogP contribution in [0.2, 0.25) is 0 Å². The minimum absolute atomic E-state index is 0.991. The SMILES string of the molecule is c1ccc(N(c2ccccc2)c2cccc3c4cccc5c6cc7c(nc6n(c23)c54)c2cc3ccccc3c3c4ccccc4n7c23)cc1. The molecule has 0 bridgehead atoms. The maximum absolute atomic E-state index is 5.69. The van der Waals surface area contributed by atoms with Crippen molar-refractivity contribution in [3.05, 3.63) is 158 Å². The molecule has 0 fully saturated rings. The number of rotatable bonds is 3. The summed E-state index contributed by atoms with van der Waals surface area (Å²) in [6.45, 7) is 0. The van der Waals surface area contributed by atoms with Gasteiger partial charge in [0.25, 0.3) is 0 Å². The van der Waals surface area contributed by atoms with Crippen LogP contribution in [0.15, 0.2) is 158 Å². The van der Waals surface area contributed by atoms with E-state index in [-0.39, 0.29) is 0 Å². The van der Waals surface area contributed by atoms with Gasteiger partial charge in [-0.3, -0.25) is 4.40 Å². The van der Waals surface area contributed by atoms with Crippen LogP contribution in [0.1, 0.15) is 0 Å². The summed E-state index contributed by atoms with van der Waals surface area (Å²) < 4.78 is 4.90. The first-order chi connectivity index (χ1) is 24.3. The first-order valence-electron chi connectivity index (χ1n) is 16.8. The van der Waals surface area contributed by atoms with E-state index in [0.717, 1.165) is 39.3 Å². The van der Waals surface area contributed by atoms with Gasteiger partial charge in [0.2, 0.25) is 0 Å². The molecule has 0 atom stereocenters. The molecule has 4 nitrogen and oxygen atoms in total. The van der Waals surface area contributed by atoms with E-state index in [0.29, 0.717) is 0 Å². The van der Waals surface area contributed by atoms with Gasteiger partial charge in [-0.15, -0.1) is 0 Å². The molecule has 0 spiro atoms. The highest BCUT2D eigenvalue weighted by atomic mass is 15.2. The smallest absolute Gasteiger partial charge is 0.146 e. The van der Waals surface area contributed by atoms with E-state index in [2.05, 4.69) is 171 Å². The van der Waals surface area contributed by atoms with Crippen LogP contribution in [-0.4, -0.2) is 13.8 Å². The summed E-state index contributed by atoms with van der Waals surface area (Å²) >= 11 is 0. The Morgan fingerprint density at radius 3 is 1.80 bits per heavy atom. The lowest BCUT2D eigenvalue weighted by Gasteiger charge is -2.26. The van der Waals surface area contributed by atoms with Crippen molar-refractivity contribution in [3.8, 4) is 0 Å². The monoisotopic (exact) mass is 622 g/mol. The van der Waals surface area contributed by atoms with Gasteiger partial charge in [-0.2, -0.15) is 0 Å². The summed E-state index contributed by atoms with van der Waals surface area (Å²) in [7, 11) is 0. The zero-order valence-corrected chi connectivity index (χ0v) is 26.3. The average Bonchev–Trinajstić information content (AvgIpc) is 3.88. The van der Waals surface area contributed by atoms with Crippen molar-refractivity contribution in [1.82, 2.24) is 13.8 Å². The Hall–Kier alpha value is -6.65. The zero-order valence-electron chi connectivity index (χ0n) is 26.3. The normalized spacial score (nSPS) is 12.5. The molecule has 0 aliphatic carbocycles. The summed E-state index contributed by atoms with van der Waals surface area (Å²) in [5.74, 6) is 0. The molecule has 12 aromatic rings. The second-order valence-electron chi connectivity index (χ2n) is 13.2. The molecular formula is C45H26N4. The zero-order chi connectivity index (χ0) is 31.8. The van der Waals surface area contributed by atoms with E-state index in [1.54, 1.807) is 0 Å². The Bertz CT molecular complexity index is 3220. The van der Waals surface area contributed by atoms with E-state index in [4.69, 9.17) is 4.98 Å². The predicted octanol–water partition coefficient (Wildman–Crippen LogP) is 12.0. The first kappa shape index (κ1) is 25.4. The summed E-state index contributed by atoms with van der Waals surface area (Å²) in [5.41, 5.74) is 11.4. The van der Waals surface area contributed by atoms with Gasteiger partial charge in [0.15, 0.2) is 0 Å². The molecule has 7 aromatic carbocycles. The summed E-state index contributed by atoms with van der Waals surface area (Å²) in [6, 6.07) is 57.1. The molecule has 12 rings (SSSR count). The molecule has 49 heavy (non-hydrogen) atoms. The summed E-state index contributed by atoms with van der Waals surface area (Å²) in [5, 5.41) is 11.2. The number of para-hydroxylation sites is 5. The lowest BCUT2D eigenvalue weighted by molar-refractivity contribution is 1.25. The Balaban J connectivity index is 1.29. The lowest BCUT2D eigenvalue weighted by Crippen LogP contribution is -2.10. The van der Waals surface area contributed by atoms with E-state index in [1.165, 1.54) is 65.0 Å². The number of pyridine rings is 1. The number of fused-ring (bicyclic) bond motifs is 14. The van der Waals surface area contributed by atoms with Gasteiger partial charge >= 0.3 is 0 Å². The summed E-state index contributed by atoms with van der Waals surface area (Å²) in [4.78, 5) is 8.07. The maximum atomic E-state index is 5.69. The van der Waals surface area contributed by atoms with Crippen molar-refractivity contribution in [2.24, 2.45) is 0 Å². The highest BCUT2D eigenvalue weighted by molar-refractivity contribution is 6.32. The van der Waals surface area contributed by atoms with Gasteiger partial charge in [-0.25, -0.2) is 4.98 Å². The number of benzene rings is 7. The van der Waals surface area contributed by atoms with Crippen molar-refractivity contribution in [3.63, 3.8) is 0 Å². The van der Waals surface area contributed by atoms with Crippen molar-refractivity contribution < 1.29 is 0 Å². The molecular weight excluding hydrogens is 597 g/mol. The molecule has 226 valence electrons. The number of aromatic nitrogens is 3. The van der Waals surface area contributed by atoms with Gasteiger partial charge in [0.1, 0.15) is 5.65 Å².